The maximum Gasteiger partial charge on any atom is 0.326 e. The number of aromatic nitrogens is 6. The first-order chi connectivity index (χ1) is 19.4. The summed E-state index contributed by atoms with van der Waals surface area (Å²) in [5.41, 5.74) is 4.14. The number of hydrogen-bond donors (Lipinski definition) is 1. The predicted octanol–water partition coefficient (Wildman–Crippen LogP) is 5.69. The molecule has 2 aromatic heterocycles. The number of esters is 1. The molecule has 40 heavy (non-hydrogen) atoms. The first-order valence-electron chi connectivity index (χ1n) is 14.0. The third-order valence-electron chi connectivity index (χ3n) is 7.71. The fraction of sp³-hybridized carbons (Fsp3) is 0.433. The maximum absolute atomic E-state index is 13.1. The summed E-state index contributed by atoms with van der Waals surface area (Å²) in [5.74, 6) is 1.22. The molecule has 1 aliphatic heterocycles. The summed E-state index contributed by atoms with van der Waals surface area (Å²) < 4.78 is 7.97. The summed E-state index contributed by atoms with van der Waals surface area (Å²) in [6.07, 6.45) is 5.07. The number of ether oxygens (including phenoxy) is 1. The molecule has 0 unspecified atom stereocenters. The minimum Gasteiger partial charge on any atom is -0.458 e. The average Bonchev–Trinajstić information content (AvgIpc) is 3.74. The number of imidazole rings is 1. The van der Waals surface area contributed by atoms with E-state index in [1.165, 1.54) is 0 Å². The highest BCUT2D eigenvalue weighted by atomic mass is 35.5. The number of nitrogens with zero attached hydrogens (tertiary/aromatic N) is 6. The molecule has 0 atom stereocenters. The predicted molar refractivity (Wildman–Crippen MR) is 155 cm³/mol. The molecule has 1 aliphatic rings. The molecule has 4 aromatic rings. The van der Waals surface area contributed by atoms with Crippen molar-refractivity contribution in [2.75, 3.05) is 13.1 Å². The highest BCUT2D eigenvalue weighted by molar-refractivity contribution is 6.30. The number of unbranched alkanes of at least 4 members (excludes halogenated alkanes) is 1. The molecule has 0 saturated carbocycles. The monoisotopic (exact) mass is 561 g/mol. The van der Waals surface area contributed by atoms with Gasteiger partial charge in [-0.05, 0) is 68.1 Å². The van der Waals surface area contributed by atoms with Crippen molar-refractivity contribution in [1.29, 1.82) is 0 Å². The lowest BCUT2D eigenvalue weighted by molar-refractivity contribution is -0.157. The average molecular weight is 562 g/mol. The van der Waals surface area contributed by atoms with Gasteiger partial charge in [0, 0.05) is 18.5 Å². The Morgan fingerprint density at radius 3 is 2.48 bits per heavy atom. The third-order valence-corrected chi connectivity index (χ3v) is 8.01. The van der Waals surface area contributed by atoms with E-state index in [9.17, 15) is 4.79 Å². The van der Waals surface area contributed by atoms with Crippen molar-refractivity contribution < 1.29 is 9.53 Å². The second-order valence-electron chi connectivity index (χ2n) is 10.8. The van der Waals surface area contributed by atoms with Crippen LogP contribution in [0.5, 0.6) is 0 Å². The fourth-order valence-electron chi connectivity index (χ4n) is 5.25. The van der Waals surface area contributed by atoms with Gasteiger partial charge in [-0.15, -0.1) is 10.2 Å². The molecule has 1 N–H and O–H groups in total. The molecule has 0 radical (unpaired) electrons. The first-order valence-corrected chi connectivity index (χ1v) is 14.3. The van der Waals surface area contributed by atoms with Crippen molar-refractivity contribution in [3.8, 4) is 22.5 Å². The molecule has 1 saturated heterocycles. The van der Waals surface area contributed by atoms with Gasteiger partial charge in [0.15, 0.2) is 5.15 Å². The van der Waals surface area contributed by atoms with Crippen LogP contribution in [0.3, 0.4) is 0 Å². The number of hydrogen-bond acceptors (Lipinski definition) is 7. The number of likely N-dealkylation sites (tertiary alicyclic amines) is 1. The van der Waals surface area contributed by atoms with Crippen molar-refractivity contribution in [3.05, 3.63) is 70.8 Å². The Hall–Kier alpha value is -3.56. The lowest BCUT2D eigenvalue weighted by atomic mass is 9.98. The number of carbonyl (C=O) groups is 1. The van der Waals surface area contributed by atoms with E-state index in [2.05, 4.69) is 72.3 Å². The van der Waals surface area contributed by atoms with E-state index in [4.69, 9.17) is 16.3 Å². The maximum atomic E-state index is 13.1. The number of H-pyrrole nitrogens is 1. The van der Waals surface area contributed by atoms with Gasteiger partial charge in [-0.1, -0.05) is 73.5 Å². The molecule has 10 heteroatoms. The van der Waals surface area contributed by atoms with E-state index >= 15 is 0 Å². The summed E-state index contributed by atoms with van der Waals surface area (Å²) in [4.78, 5) is 20.0. The number of benzene rings is 2. The molecular weight excluding hydrogens is 526 g/mol. The van der Waals surface area contributed by atoms with Gasteiger partial charge in [-0.2, -0.15) is 5.21 Å². The molecule has 210 valence electrons. The van der Waals surface area contributed by atoms with Crippen LogP contribution in [0.2, 0.25) is 5.15 Å². The van der Waals surface area contributed by atoms with Crippen LogP contribution in [-0.2, 0) is 29.1 Å². The Morgan fingerprint density at radius 1 is 1.07 bits per heavy atom. The molecule has 0 amide bonds. The third kappa shape index (κ3) is 5.95. The van der Waals surface area contributed by atoms with Crippen LogP contribution in [0, 0.1) is 0 Å². The van der Waals surface area contributed by atoms with Crippen LogP contribution in [0.4, 0.5) is 0 Å². The summed E-state index contributed by atoms with van der Waals surface area (Å²) in [7, 11) is 0. The normalized spacial score (nSPS) is 14.1. The van der Waals surface area contributed by atoms with Crippen molar-refractivity contribution >= 4 is 17.6 Å². The zero-order chi connectivity index (χ0) is 28.1. The smallest absolute Gasteiger partial charge is 0.326 e. The molecule has 3 heterocycles. The van der Waals surface area contributed by atoms with Gasteiger partial charge in [-0.25, -0.2) is 4.98 Å². The molecular formula is C30H36ClN7O2. The summed E-state index contributed by atoms with van der Waals surface area (Å²) in [6, 6.07) is 16.4. The van der Waals surface area contributed by atoms with Gasteiger partial charge < -0.3 is 9.30 Å². The number of aryl methyl sites for hydroxylation is 1. The minimum atomic E-state index is -0.674. The summed E-state index contributed by atoms with van der Waals surface area (Å²) >= 11 is 6.64. The molecule has 0 aliphatic carbocycles. The van der Waals surface area contributed by atoms with Gasteiger partial charge in [0.1, 0.15) is 18.0 Å². The minimum absolute atomic E-state index is 0.0875. The van der Waals surface area contributed by atoms with Gasteiger partial charge in [0.25, 0.3) is 0 Å². The van der Waals surface area contributed by atoms with E-state index in [1.54, 1.807) is 0 Å². The Morgan fingerprint density at radius 2 is 1.80 bits per heavy atom. The van der Waals surface area contributed by atoms with Crippen LogP contribution in [0.25, 0.3) is 22.5 Å². The van der Waals surface area contributed by atoms with E-state index in [1.807, 2.05) is 32.0 Å². The van der Waals surface area contributed by atoms with Crippen LogP contribution >= 0.6 is 11.6 Å². The molecule has 1 fully saturated rings. The Labute approximate surface area is 239 Å². The van der Waals surface area contributed by atoms with E-state index in [-0.39, 0.29) is 12.6 Å². The highest BCUT2D eigenvalue weighted by Gasteiger charge is 2.37. The van der Waals surface area contributed by atoms with Gasteiger partial charge in [0.05, 0.1) is 5.69 Å². The van der Waals surface area contributed by atoms with Gasteiger partial charge in [0.2, 0.25) is 5.82 Å². The SMILES string of the molecule is CCCCc1nc(Cl)c(COC(=O)C(C)(C)N2CCCC2)n1Cc1ccc(-c2ccccc2-c2nn[nH]n2)cc1. The van der Waals surface area contributed by atoms with Gasteiger partial charge >= 0.3 is 5.97 Å². The van der Waals surface area contributed by atoms with Crippen molar-refractivity contribution in [2.24, 2.45) is 0 Å². The van der Waals surface area contributed by atoms with Crippen LogP contribution in [-0.4, -0.2) is 59.7 Å². The summed E-state index contributed by atoms with van der Waals surface area (Å²) in [6.45, 7) is 8.52. The number of halogens is 1. The van der Waals surface area contributed by atoms with Crippen molar-refractivity contribution in [3.63, 3.8) is 0 Å². The van der Waals surface area contributed by atoms with Crippen LogP contribution in [0.15, 0.2) is 48.5 Å². The highest BCUT2D eigenvalue weighted by Crippen LogP contribution is 2.30. The Balaban J connectivity index is 1.37. The van der Waals surface area contributed by atoms with E-state index < -0.39 is 5.54 Å². The van der Waals surface area contributed by atoms with E-state index in [0.29, 0.717) is 17.5 Å². The zero-order valence-corrected chi connectivity index (χ0v) is 24.1. The standard InChI is InChI=1S/C30H36ClN7O2/c1-4-5-12-26-32-27(31)25(20-40-29(39)30(2,3)37-17-8-9-18-37)38(26)19-21-13-15-22(16-14-21)23-10-6-7-11-24(23)28-33-35-36-34-28/h6-7,10-11,13-16H,4-5,8-9,12,17-20H2,1-3H3,(H,33,34,35,36). The van der Waals surface area contributed by atoms with Crippen LogP contribution < -0.4 is 0 Å². The Bertz CT molecular complexity index is 1430. The number of rotatable bonds is 11. The first kappa shape index (κ1) is 28.0. The lowest BCUT2D eigenvalue weighted by Crippen LogP contribution is -2.49. The molecule has 9 nitrogen and oxygen atoms in total. The zero-order valence-electron chi connectivity index (χ0n) is 23.4. The van der Waals surface area contributed by atoms with Crippen molar-refractivity contribution in [1.82, 2.24) is 35.1 Å². The Kier molecular flexibility index (Phi) is 8.61. The number of nitrogens with one attached hydrogen (secondary N) is 1. The fourth-order valence-corrected chi connectivity index (χ4v) is 5.50. The topological polar surface area (TPSA) is 102 Å². The largest absolute Gasteiger partial charge is 0.458 e. The van der Waals surface area contributed by atoms with Crippen LogP contribution in [0.1, 0.15) is 63.5 Å². The van der Waals surface area contributed by atoms with Gasteiger partial charge in [-0.3, -0.25) is 9.69 Å². The molecule has 5 rings (SSSR count). The molecule has 2 aromatic carbocycles. The van der Waals surface area contributed by atoms with E-state index in [0.717, 1.165) is 79.0 Å². The molecule has 0 spiro atoms. The molecule has 0 bridgehead atoms. The second kappa shape index (κ2) is 12.3. The van der Waals surface area contributed by atoms with Crippen molar-refractivity contribution in [2.45, 2.75) is 71.6 Å². The second-order valence-corrected chi connectivity index (χ2v) is 11.1. The lowest BCUT2D eigenvalue weighted by Gasteiger charge is -2.32. The quantitative estimate of drug-likeness (QED) is 0.235. The number of aromatic amines is 1. The summed E-state index contributed by atoms with van der Waals surface area (Å²) in [5, 5.41) is 14.9. The number of tetrazole rings is 1. The number of carbonyl (C=O) groups excluding carboxylic acids is 1.